The lowest BCUT2D eigenvalue weighted by Gasteiger charge is -2.16. The molecule has 0 aliphatic carbocycles. The first kappa shape index (κ1) is 14.8. The first-order valence-electron chi connectivity index (χ1n) is 6.22. The number of nitrogens with two attached hydrogens (primary N) is 2. The molecule has 0 saturated heterocycles. The van der Waals surface area contributed by atoms with E-state index in [4.69, 9.17) is 11.6 Å². The van der Waals surface area contributed by atoms with Crippen molar-refractivity contribution in [2.45, 2.75) is 17.4 Å². The molecule has 0 radical (unpaired) electrons. The molecule has 1 atom stereocenters. The summed E-state index contributed by atoms with van der Waals surface area (Å²) in [4.78, 5) is 5.07. The van der Waals surface area contributed by atoms with Gasteiger partial charge in [0.25, 0.3) is 0 Å². The average Bonchev–Trinajstić information content (AvgIpc) is 2.47. The molecule has 0 fully saturated rings. The van der Waals surface area contributed by atoms with Gasteiger partial charge >= 0.3 is 0 Å². The van der Waals surface area contributed by atoms with Crippen molar-refractivity contribution in [1.82, 2.24) is 10.4 Å². The summed E-state index contributed by atoms with van der Waals surface area (Å²) in [5, 5.41) is 0. The third-order valence-corrected chi connectivity index (χ3v) is 4.08. The zero-order chi connectivity index (χ0) is 14.4. The Morgan fingerprint density at radius 1 is 1.25 bits per heavy atom. The highest BCUT2D eigenvalue weighted by Gasteiger charge is 2.10. The van der Waals surface area contributed by atoms with Gasteiger partial charge in [-0.2, -0.15) is 0 Å². The van der Waals surface area contributed by atoms with Gasteiger partial charge in [-0.1, -0.05) is 0 Å². The number of hydrogen-bond acceptors (Lipinski definition) is 5. The summed E-state index contributed by atoms with van der Waals surface area (Å²) in [7, 11) is 0. The lowest BCUT2D eigenvalue weighted by atomic mass is 10.1. The molecule has 0 aliphatic heterocycles. The third-order valence-electron chi connectivity index (χ3n) is 2.91. The molecule has 20 heavy (non-hydrogen) atoms. The largest absolute Gasteiger partial charge is 0.398 e. The van der Waals surface area contributed by atoms with Gasteiger partial charge in [0.1, 0.15) is 5.82 Å². The van der Waals surface area contributed by atoms with E-state index >= 15 is 0 Å². The van der Waals surface area contributed by atoms with Gasteiger partial charge in [0.2, 0.25) is 0 Å². The van der Waals surface area contributed by atoms with E-state index in [9.17, 15) is 4.39 Å². The predicted octanol–water partition coefficient (Wildman–Crippen LogP) is 1.97. The van der Waals surface area contributed by atoms with E-state index in [1.54, 1.807) is 42.4 Å². The minimum absolute atomic E-state index is 0.0663. The van der Waals surface area contributed by atoms with Crippen molar-refractivity contribution in [2.24, 2.45) is 5.84 Å². The molecule has 2 aromatic rings. The average molecular weight is 292 g/mol. The van der Waals surface area contributed by atoms with E-state index < -0.39 is 0 Å². The van der Waals surface area contributed by atoms with Crippen molar-refractivity contribution in [3.63, 3.8) is 0 Å². The maximum absolute atomic E-state index is 12.8. The van der Waals surface area contributed by atoms with Crippen LogP contribution in [0.2, 0.25) is 0 Å². The second-order valence-electron chi connectivity index (χ2n) is 4.41. The fraction of sp³-hybridized carbons (Fsp3) is 0.214. The molecule has 0 spiro atoms. The number of pyridine rings is 1. The highest BCUT2D eigenvalue weighted by atomic mass is 32.2. The van der Waals surface area contributed by atoms with Crippen LogP contribution in [0, 0.1) is 5.82 Å². The molecule has 5 N–H and O–H groups in total. The monoisotopic (exact) mass is 292 g/mol. The summed E-state index contributed by atoms with van der Waals surface area (Å²) < 4.78 is 12.8. The van der Waals surface area contributed by atoms with Gasteiger partial charge in [0.15, 0.2) is 0 Å². The van der Waals surface area contributed by atoms with Crippen LogP contribution in [0.25, 0.3) is 0 Å². The Bertz CT molecular complexity index is 547. The van der Waals surface area contributed by atoms with E-state index in [0.717, 1.165) is 16.2 Å². The second-order valence-corrected chi connectivity index (χ2v) is 5.50. The number of nitrogens with zero attached hydrogens (tertiary/aromatic N) is 1. The first-order chi connectivity index (χ1) is 9.69. The first-order valence-corrected chi connectivity index (χ1v) is 7.20. The summed E-state index contributed by atoms with van der Waals surface area (Å²) in [5.41, 5.74) is 10.4. The number of thioether (sulfide) groups is 1. The smallest absolute Gasteiger partial charge is 0.123 e. The summed E-state index contributed by atoms with van der Waals surface area (Å²) in [5.74, 6) is 6.10. The molecule has 0 aliphatic rings. The lowest BCUT2D eigenvalue weighted by molar-refractivity contribution is 0.575. The predicted molar refractivity (Wildman–Crippen MR) is 80.6 cm³/mol. The van der Waals surface area contributed by atoms with E-state index in [2.05, 4.69) is 10.4 Å². The van der Waals surface area contributed by atoms with Gasteiger partial charge < -0.3 is 5.73 Å². The normalized spacial score (nSPS) is 12.3. The van der Waals surface area contributed by atoms with Gasteiger partial charge in [-0.25, -0.2) is 4.39 Å². The summed E-state index contributed by atoms with van der Waals surface area (Å²) in [6.45, 7) is 0. The second kappa shape index (κ2) is 7.23. The maximum Gasteiger partial charge on any atom is 0.123 e. The number of hydrazine groups is 1. The number of hydrogen-bond donors (Lipinski definition) is 3. The van der Waals surface area contributed by atoms with Crippen LogP contribution in [0.15, 0.2) is 47.6 Å². The number of halogens is 1. The molecule has 6 heteroatoms. The molecule has 2 rings (SSSR count). The van der Waals surface area contributed by atoms with Crippen LogP contribution in [0.4, 0.5) is 10.1 Å². The fourth-order valence-corrected chi connectivity index (χ4v) is 2.70. The lowest BCUT2D eigenvalue weighted by Crippen LogP contribution is -2.38. The highest BCUT2D eigenvalue weighted by Crippen LogP contribution is 2.20. The van der Waals surface area contributed by atoms with Gasteiger partial charge in [0, 0.05) is 34.8 Å². The van der Waals surface area contributed by atoms with Crippen LogP contribution in [-0.4, -0.2) is 16.8 Å². The minimum Gasteiger partial charge on any atom is -0.398 e. The van der Waals surface area contributed by atoms with E-state index in [0.29, 0.717) is 12.1 Å². The van der Waals surface area contributed by atoms with Crippen molar-refractivity contribution in [3.05, 3.63) is 54.1 Å². The topological polar surface area (TPSA) is 77.0 Å². The van der Waals surface area contributed by atoms with Crippen molar-refractivity contribution < 1.29 is 4.39 Å². The number of aromatic nitrogens is 1. The van der Waals surface area contributed by atoms with E-state index in [1.165, 1.54) is 12.1 Å². The van der Waals surface area contributed by atoms with Crippen molar-refractivity contribution in [1.29, 1.82) is 0 Å². The van der Waals surface area contributed by atoms with Crippen LogP contribution in [0.1, 0.15) is 5.56 Å². The quantitative estimate of drug-likeness (QED) is 0.431. The maximum atomic E-state index is 12.8. The van der Waals surface area contributed by atoms with Crippen LogP contribution in [0.3, 0.4) is 0 Å². The Kier molecular flexibility index (Phi) is 5.34. The van der Waals surface area contributed by atoms with Gasteiger partial charge in [-0.05, 0) is 42.3 Å². The standard InChI is InChI=1S/C14H17FN4S/c15-11-1-3-13(4-2-11)20-9-12(19-17)7-10-8-18-6-5-14(10)16/h1-6,8,12,19H,7,9,17H2,(H2,16,18). The zero-order valence-corrected chi connectivity index (χ0v) is 11.7. The molecule has 1 unspecified atom stereocenters. The minimum atomic E-state index is -0.231. The molecular weight excluding hydrogens is 275 g/mol. The van der Waals surface area contributed by atoms with Crippen molar-refractivity contribution >= 4 is 17.4 Å². The zero-order valence-electron chi connectivity index (χ0n) is 10.9. The number of nitrogen functional groups attached to an aromatic ring is 1. The number of nitrogens with one attached hydrogen (secondary N) is 1. The molecule has 0 amide bonds. The molecule has 4 nitrogen and oxygen atoms in total. The number of anilines is 1. The fourth-order valence-electron chi connectivity index (χ4n) is 1.77. The Morgan fingerprint density at radius 3 is 2.65 bits per heavy atom. The number of rotatable bonds is 6. The van der Waals surface area contributed by atoms with Crippen molar-refractivity contribution in [3.8, 4) is 0 Å². The van der Waals surface area contributed by atoms with Crippen LogP contribution >= 0.6 is 11.8 Å². The number of benzene rings is 1. The third kappa shape index (κ3) is 4.19. The molecule has 1 aromatic carbocycles. The summed E-state index contributed by atoms with van der Waals surface area (Å²) in [6.07, 6.45) is 4.11. The Hall–Kier alpha value is -1.63. The summed E-state index contributed by atoms with van der Waals surface area (Å²) in [6, 6.07) is 8.25. The molecule has 0 saturated carbocycles. The van der Waals surface area contributed by atoms with Gasteiger partial charge in [-0.3, -0.25) is 16.3 Å². The van der Waals surface area contributed by atoms with Gasteiger partial charge in [-0.15, -0.1) is 11.8 Å². The van der Waals surface area contributed by atoms with Crippen LogP contribution in [0.5, 0.6) is 0 Å². The van der Waals surface area contributed by atoms with Crippen molar-refractivity contribution in [2.75, 3.05) is 11.5 Å². The molecule has 0 bridgehead atoms. The Morgan fingerprint density at radius 2 is 2.00 bits per heavy atom. The molecule has 106 valence electrons. The summed E-state index contributed by atoms with van der Waals surface area (Å²) >= 11 is 1.62. The molecule has 1 aromatic heterocycles. The molecule has 1 heterocycles. The SMILES string of the molecule is NNC(CSc1ccc(F)cc1)Cc1cnccc1N. The van der Waals surface area contributed by atoms with Gasteiger partial charge in [0.05, 0.1) is 0 Å². The van der Waals surface area contributed by atoms with E-state index in [1.807, 2.05) is 0 Å². The molecular formula is C14H17FN4S. The van der Waals surface area contributed by atoms with Crippen LogP contribution < -0.4 is 17.0 Å². The Balaban J connectivity index is 1.92. The highest BCUT2D eigenvalue weighted by molar-refractivity contribution is 7.99. The Labute approximate surface area is 121 Å². The van der Waals surface area contributed by atoms with Crippen LogP contribution in [-0.2, 0) is 6.42 Å². The van der Waals surface area contributed by atoms with E-state index in [-0.39, 0.29) is 11.9 Å².